The predicted octanol–water partition coefficient (Wildman–Crippen LogP) is 4.25. The molecule has 0 aliphatic carbocycles. The van der Waals surface area contributed by atoms with Crippen molar-refractivity contribution in [3.8, 4) is 17.0 Å². The van der Waals surface area contributed by atoms with Gasteiger partial charge in [-0.2, -0.15) is 0 Å². The normalized spacial score (nSPS) is 11.6. The Morgan fingerprint density at radius 1 is 1.23 bits per heavy atom. The fraction of sp³-hybridized carbons (Fsp3) is 0.125. The summed E-state index contributed by atoms with van der Waals surface area (Å²) in [4.78, 5) is 15.0. The average Bonchev–Trinajstić information content (AvgIpc) is 2.44. The number of ether oxygens (including phenoxy) is 1. The van der Waals surface area contributed by atoms with Gasteiger partial charge in [-0.05, 0) is 42.8 Å². The fourth-order valence-electron chi connectivity index (χ4n) is 1.74. The highest BCUT2D eigenvalue weighted by atomic mass is 19.4. The van der Waals surface area contributed by atoms with Crippen LogP contribution in [-0.2, 0) is 4.79 Å². The molecule has 2 aromatic rings. The molecule has 2 rings (SSSR count). The molecule has 0 saturated heterocycles. The van der Waals surface area contributed by atoms with Crippen molar-refractivity contribution in [3.63, 3.8) is 0 Å². The number of hydrogen-bond acceptors (Lipinski definition) is 3. The monoisotopic (exact) mass is 307 g/mol. The SMILES string of the molecule is CC(=O)/C=C/c1ccc(-c2cccc(OC(F)(F)F)c2)nc1. The molecule has 0 aliphatic rings. The Kier molecular flexibility index (Phi) is 4.60. The molecule has 0 saturated carbocycles. The van der Waals surface area contributed by atoms with Crippen molar-refractivity contribution in [2.45, 2.75) is 13.3 Å². The maximum atomic E-state index is 12.2. The summed E-state index contributed by atoms with van der Waals surface area (Å²) in [5, 5.41) is 0. The second kappa shape index (κ2) is 6.43. The molecule has 1 aromatic carbocycles. The Hall–Kier alpha value is -2.63. The van der Waals surface area contributed by atoms with Crippen molar-refractivity contribution in [1.82, 2.24) is 4.98 Å². The number of alkyl halides is 3. The first kappa shape index (κ1) is 15.8. The Morgan fingerprint density at radius 3 is 2.59 bits per heavy atom. The van der Waals surface area contributed by atoms with Gasteiger partial charge in [0, 0.05) is 11.8 Å². The number of hydrogen-bond donors (Lipinski definition) is 0. The van der Waals surface area contributed by atoms with Gasteiger partial charge in [0.05, 0.1) is 5.69 Å². The highest BCUT2D eigenvalue weighted by Gasteiger charge is 2.31. The standard InChI is InChI=1S/C16H12F3NO2/c1-11(21)5-6-12-7-8-15(20-10-12)13-3-2-4-14(9-13)22-16(17,18)19/h2-10H,1H3/b6-5+. The van der Waals surface area contributed by atoms with Crippen LogP contribution in [0, 0.1) is 0 Å². The largest absolute Gasteiger partial charge is 0.573 e. The van der Waals surface area contributed by atoms with Crippen LogP contribution >= 0.6 is 0 Å². The Balaban J connectivity index is 2.21. The summed E-state index contributed by atoms with van der Waals surface area (Å²) in [5.74, 6) is -0.381. The van der Waals surface area contributed by atoms with Crippen LogP contribution in [0.15, 0.2) is 48.7 Å². The summed E-state index contributed by atoms with van der Waals surface area (Å²) in [6.07, 6.45) is -0.170. The van der Waals surface area contributed by atoms with Crippen LogP contribution < -0.4 is 4.74 Å². The van der Waals surface area contributed by atoms with Gasteiger partial charge in [0.15, 0.2) is 5.78 Å². The van der Waals surface area contributed by atoms with Gasteiger partial charge in [-0.25, -0.2) is 0 Å². The van der Waals surface area contributed by atoms with Crippen molar-refractivity contribution >= 4 is 11.9 Å². The number of benzene rings is 1. The third-order valence-corrected chi connectivity index (χ3v) is 2.66. The molecule has 0 radical (unpaired) electrons. The second-order valence-corrected chi connectivity index (χ2v) is 4.50. The molecule has 0 spiro atoms. The van der Waals surface area contributed by atoms with Crippen LogP contribution in [0.5, 0.6) is 5.75 Å². The summed E-state index contributed by atoms with van der Waals surface area (Å²) in [7, 11) is 0. The van der Waals surface area contributed by atoms with Crippen LogP contribution in [0.4, 0.5) is 13.2 Å². The van der Waals surface area contributed by atoms with Crippen molar-refractivity contribution < 1.29 is 22.7 Å². The van der Waals surface area contributed by atoms with Gasteiger partial charge in [-0.1, -0.05) is 18.2 Å². The molecule has 0 N–H and O–H groups in total. The third kappa shape index (κ3) is 4.73. The third-order valence-electron chi connectivity index (χ3n) is 2.66. The molecule has 0 unspecified atom stereocenters. The predicted molar refractivity (Wildman–Crippen MR) is 76.1 cm³/mol. The molecule has 3 nitrogen and oxygen atoms in total. The van der Waals surface area contributed by atoms with Crippen LogP contribution in [0.2, 0.25) is 0 Å². The molecule has 0 atom stereocenters. The fourth-order valence-corrected chi connectivity index (χ4v) is 1.74. The van der Waals surface area contributed by atoms with E-state index in [0.29, 0.717) is 11.3 Å². The van der Waals surface area contributed by atoms with E-state index in [2.05, 4.69) is 9.72 Å². The van der Waals surface area contributed by atoms with Crippen molar-refractivity contribution in [2.24, 2.45) is 0 Å². The number of carbonyl (C=O) groups excluding carboxylic acids is 1. The molecule has 114 valence electrons. The van der Waals surface area contributed by atoms with Gasteiger partial charge < -0.3 is 4.74 Å². The highest BCUT2D eigenvalue weighted by molar-refractivity contribution is 5.91. The van der Waals surface area contributed by atoms with E-state index in [1.807, 2.05) is 0 Å². The van der Waals surface area contributed by atoms with Crippen LogP contribution in [0.1, 0.15) is 12.5 Å². The average molecular weight is 307 g/mol. The smallest absolute Gasteiger partial charge is 0.406 e. The van der Waals surface area contributed by atoms with Gasteiger partial charge in [-0.3, -0.25) is 9.78 Å². The zero-order chi connectivity index (χ0) is 16.2. The first-order chi connectivity index (χ1) is 10.3. The summed E-state index contributed by atoms with van der Waals surface area (Å²) < 4.78 is 40.5. The summed E-state index contributed by atoms with van der Waals surface area (Å²) in [6.45, 7) is 1.43. The Morgan fingerprint density at radius 2 is 2.00 bits per heavy atom. The lowest BCUT2D eigenvalue weighted by molar-refractivity contribution is -0.274. The van der Waals surface area contributed by atoms with Crippen molar-refractivity contribution in [2.75, 3.05) is 0 Å². The molecular weight excluding hydrogens is 295 g/mol. The highest BCUT2D eigenvalue weighted by Crippen LogP contribution is 2.27. The quantitative estimate of drug-likeness (QED) is 0.793. The second-order valence-electron chi connectivity index (χ2n) is 4.50. The van der Waals surface area contributed by atoms with Gasteiger partial charge in [0.1, 0.15) is 5.75 Å². The van der Waals surface area contributed by atoms with E-state index >= 15 is 0 Å². The maximum absolute atomic E-state index is 12.2. The lowest BCUT2D eigenvalue weighted by Crippen LogP contribution is -2.17. The number of ketones is 1. The van der Waals surface area contributed by atoms with E-state index in [4.69, 9.17) is 0 Å². The molecular formula is C16H12F3NO2. The number of allylic oxidation sites excluding steroid dienone is 1. The minimum absolute atomic E-state index is 0.0823. The van der Waals surface area contributed by atoms with E-state index in [-0.39, 0.29) is 11.5 Å². The molecule has 0 bridgehead atoms. The number of halogens is 3. The van der Waals surface area contributed by atoms with Gasteiger partial charge in [-0.15, -0.1) is 13.2 Å². The van der Waals surface area contributed by atoms with E-state index in [9.17, 15) is 18.0 Å². The van der Waals surface area contributed by atoms with Gasteiger partial charge in [0.2, 0.25) is 0 Å². The maximum Gasteiger partial charge on any atom is 0.573 e. The van der Waals surface area contributed by atoms with Crippen LogP contribution in [-0.4, -0.2) is 17.1 Å². The van der Waals surface area contributed by atoms with Crippen LogP contribution in [0.3, 0.4) is 0 Å². The first-order valence-corrected chi connectivity index (χ1v) is 6.34. The Bertz CT molecular complexity index is 691. The van der Waals surface area contributed by atoms with Gasteiger partial charge in [0.25, 0.3) is 0 Å². The summed E-state index contributed by atoms with van der Waals surface area (Å²) >= 11 is 0. The zero-order valence-electron chi connectivity index (χ0n) is 11.6. The molecule has 1 aromatic heterocycles. The van der Waals surface area contributed by atoms with Crippen molar-refractivity contribution in [1.29, 1.82) is 0 Å². The molecule has 0 amide bonds. The Labute approximate surface area is 125 Å². The minimum Gasteiger partial charge on any atom is -0.406 e. The molecule has 0 fully saturated rings. The number of nitrogens with zero attached hydrogens (tertiary/aromatic N) is 1. The number of aromatic nitrogens is 1. The number of pyridine rings is 1. The van der Waals surface area contributed by atoms with Crippen LogP contribution in [0.25, 0.3) is 17.3 Å². The lowest BCUT2D eigenvalue weighted by Gasteiger charge is -2.09. The summed E-state index contributed by atoms with van der Waals surface area (Å²) in [5.41, 5.74) is 1.73. The topological polar surface area (TPSA) is 39.2 Å². The first-order valence-electron chi connectivity index (χ1n) is 6.34. The molecule has 6 heteroatoms. The van der Waals surface area contributed by atoms with E-state index in [0.717, 1.165) is 5.56 Å². The number of rotatable bonds is 4. The van der Waals surface area contributed by atoms with E-state index in [1.165, 1.54) is 37.4 Å². The molecule has 22 heavy (non-hydrogen) atoms. The number of carbonyl (C=O) groups is 1. The van der Waals surface area contributed by atoms with Gasteiger partial charge >= 0.3 is 6.36 Å². The van der Waals surface area contributed by atoms with E-state index in [1.54, 1.807) is 24.3 Å². The molecule has 1 heterocycles. The summed E-state index contributed by atoms with van der Waals surface area (Å²) in [6, 6.07) is 8.96. The minimum atomic E-state index is -4.73. The lowest BCUT2D eigenvalue weighted by atomic mass is 10.1. The zero-order valence-corrected chi connectivity index (χ0v) is 11.6. The molecule has 0 aliphatic heterocycles. The van der Waals surface area contributed by atoms with E-state index < -0.39 is 6.36 Å². The van der Waals surface area contributed by atoms with Crippen molar-refractivity contribution in [3.05, 3.63) is 54.2 Å².